The highest BCUT2D eigenvalue weighted by Crippen LogP contribution is 2.49. The monoisotopic (exact) mass is 572 g/mol. The van der Waals surface area contributed by atoms with Gasteiger partial charge in [-0.1, -0.05) is 11.6 Å². The smallest absolute Gasteiger partial charge is 0.305 e. The van der Waals surface area contributed by atoms with Gasteiger partial charge in [-0.15, -0.1) is 6.08 Å². The van der Waals surface area contributed by atoms with Crippen LogP contribution in [-0.4, -0.2) is 79.3 Å². The zero-order valence-electron chi connectivity index (χ0n) is 26.3. The van der Waals surface area contributed by atoms with Crippen LogP contribution in [0.3, 0.4) is 0 Å². The molecule has 8 heteroatoms. The van der Waals surface area contributed by atoms with Crippen LogP contribution < -0.4 is 24.2 Å². The summed E-state index contributed by atoms with van der Waals surface area (Å²) >= 11 is 0. The van der Waals surface area contributed by atoms with Crippen LogP contribution in [0.5, 0.6) is 11.5 Å². The molecule has 0 N–H and O–H groups in total. The van der Waals surface area contributed by atoms with E-state index in [1.807, 2.05) is 38.7 Å². The number of hydrogen-bond acceptors (Lipinski definition) is 7. The second-order valence-corrected chi connectivity index (χ2v) is 10.9. The molecule has 0 spiro atoms. The topological polar surface area (TPSA) is 57.5 Å². The van der Waals surface area contributed by atoms with Crippen molar-refractivity contribution in [2.45, 2.75) is 26.7 Å². The second kappa shape index (κ2) is 13.1. The molecule has 224 valence electrons. The maximum atomic E-state index is 12.0. The Morgan fingerprint density at radius 2 is 1.81 bits per heavy atom. The minimum atomic E-state index is -0.159. The summed E-state index contributed by atoms with van der Waals surface area (Å²) in [6, 6.07) is 11.6. The minimum absolute atomic E-state index is 0.159. The van der Waals surface area contributed by atoms with Crippen LogP contribution in [0.2, 0.25) is 0 Å². The van der Waals surface area contributed by atoms with E-state index in [1.165, 1.54) is 0 Å². The Morgan fingerprint density at radius 1 is 1.05 bits per heavy atom. The number of ether oxygens (including phenoxy) is 3. The molecule has 0 fully saturated rings. The predicted molar refractivity (Wildman–Crippen MR) is 172 cm³/mol. The number of esters is 1. The van der Waals surface area contributed by atoms with Crippen LogP contribution in [0.4, 0.5) is 17.1 Å². The number of hydrogen-bond donors (Lipinski definition) is 0. The van der Waals surface area contributed by atoms with Gasteiger partial charge in [0.25, 0.3) is 0 Å². The van der Waals surface area contributed by atoms with Gasteiger partial charge in [-0.25, -0.2) is 0 Å². The lowest BCUT2D eigenvalue weighted by molar-refractivity contribution is -0.457. The van der Waals surface area contributed by atoms with E-state index in [2.05, 4.69) is 84.9 Å². The largest absolute Gasteiger partial charge is 0.500 e. The molecule has 0 unspecified atom stereocenters. The lowest BCUT2D eigenvalue weighted by Crippen LogP contribution is -2.27. The van der Waals surface area contributed by atoms with E-state index < -0.39 is 0 Å². The summed E-state index contributed by atoms with van der Waals surface area (Å²) in [5.74, 6) is 2.17. The number of methoxy groups -OCH3 is 1. The van der Waals surface area contributed by atoms with Gasteiger partial charge in [0, 0.05) is 76.6 Å². The normalized spacial score (nSPS) is 13.5. The zero-order chi connectivity index (χ0) is 30.6. The van der Waals surface area contributed by atoms with Gasteiger partial charge in [-0.2, -0.15) is 0 Å². The lowest BCUT2D eigenvalue weighted by Gasteiger charge is -2.34. The van der Waals surface area contributed by atoms with Gasteiger partial charge in [0.15, 0.2) is 0 Å². The van der Waals surface area contributed by atoms with Crippen molar-refractivity contribution < 1.29 is 23.6 Å². The summed E-state index contributed by atoms with van der Waals surface area (Å²) in [4.78, 5) is 18.5. The Balaban J connectivity index is 1.87. The number of carbonyl (C=O) groups excluding carboxylic acids is 1. The van der Waals surface area contributed by atoms with Gasteiger partial charge >= 0.3 is 5.97 Å². The van der Waals surface area contributed by atoms with Crippen molar-refractivity contribution in [3.05, 3.63) is 77.1 Å². The number of rotatable bonds is 12. The SMILES string of the molecule is C=[N+](C)[C-]1C=CC2=C(c3cc(N(C)C)c(N(CC)CCCC(=O)OCC)cc3OC)c3ccc(N(C)C)cc3OC2=C1. The van der Waals surface area contributed by atoms with E-state index in [9.17, 15) is 4.79 Å². The summed E-state index contributed by atoms with van der Waals surface area (Å²) < 4.78 is 19.6. The van der Waals surface area contributed by atoms with E-state index in [4.69, 9.17) is 14.2 Å². The molecule has 0 bridgehead atoms. The molecule has 1 aliphatic heterocycles. The molecular weight excluding hydrogens is 528 g/mol. The van der Waals surface area contributed by atoms with Crippen molar-refractivity contribution in [1.82, 2.24) is 0 Å². The van der Waals surface area contributed by atoms with Crippen LogP contribution in [-0.2, 0) is 9.53 Å². The molecule has 42 heavy (non-hydrogen) atoms. The molecule has 0 radical (unpaired) electrons. The number of carbonyl (C=O) groups is 1. The molecule has 1 aliphatic carbocycles. The van der Waals surface area contributed by atoms with Crippen molar-refractivity contribution in [2.24, 2.45) is 0 Å². The van der Waals surface area contributed by atoms with Gasteiger partial charge in [-0.3, -0.25) is 9.37 Å². The first-order valence-electron chi connectivity index (χ1n) is 14.4. The van der Waals surface area contributed by atoms with E-state index in [0.29, 0.717) is 19.4 Å². The van der Waals surface area contributed by atoms with Crippen LogP contribution >= 0.6 is 0 Å². The first-order valence-corrected chi connectivity index (χ1v) is 14.4. The van der Waals surface area contributed by atoms with E-state index in [0.717, 1.165) is 75.7 Å². The van der Waals surface area contributed by atoms with Gasteiger partial charge < -0.3 is 28.9 Å². The predicted octanol–water partition coefficient (Wildman–Crippen LogP) is 5.52. The fourth-order valence-corrected chi connectivity index (χ4v) is 5.30. The number of anilines is 3. The molecule has 0 saturated carbocycles. The van der Waals surface area contributed by atoms with E-state index in [1.54, 1.807) is 7.11 Å². The molecule has 2 aromatic carbocycles. The number of allylic oxidation sites excluding steroid dienone is 1. The van der Waals surface area contributed by atoms with Gasteiger partial charge in [0.2, 0.25) is 0 Å². The quantitative estimate of drug-likeness (QED) is 0.144. The van der Waals surface area contributed by atoms with Gasteiger partial charge in [0.1, 0.15) is 24.6 Å². The summed E-state index contributed by atoms with van der Waals surface area (Å²) in [5, 5.41) is 0. The van der Waals surface area contributed by atoms with E-state index >= 15 is 0 Å². The Morgan fingerprint density at radius 3 is 2.43 bits per heavy atom. The number of benzene rings is 2. The Kier molecular flexibility index (Phi) is 9.55. The summed E-state index contributed by atoms with van der Waals surface area (Å²) in [5.41, 5.74) is 7.18. The highest BCUT2D eigenvalue weighted by atomic mass is 16.5. The fourth-order valence-electron chi connectivity index (χ4n) is 5.30. The third kappa shape index (κ3) is 6.27. The van der Waals surface area contributed by atoms with Gasteiger partial charge in [0.05, 0.1) is 37.6 Å². The maximum Gasteiger partial charge on any atom is 0.305 e. The molecule has 0 aromatic heterocycles. The first kappa shape index (κ1) is 30.6. The molecule has 4 rings (SSSR count). The Bertz CT molecular complexity index is 1440. The first-order chi connectivity index (χ1) is 20.1. The maximum absolute atomic E-state index is 12.0. The second-order valence-electron chi connectivity index (χ2n) is 10.9. The average molecular weight is 573 g/mol. The zero-order valence-corrected chi connectivity index (χ0v) is 26.3. The Hall–Kier alpha value is -4.33. The van der Waals surface area contributed by atoms with E-state index in [-0.39, 0.29) is 5.97 Å². The van der Waals surface area contributed by atoms with Crippen LogP contribution in [0, 0.1) is 6.04 Å². The molecular formula is C34H44N4O4. The highest BCUT2D eigenvalue weighted by Gasteiger charge is 2.28. The van der Waals surface area contributed by atoms with Crippen molar-refractivity contribution >= 4 is 35.3 Å². The van der Waals surface area contributed by atoms with Crippen LogP contribution in [0.1, 0.15) is 37.8 Å². The van der Waals surface area contributed by atoms with Crippen molar-refractivity contribution in [2.75, 3.05) is 76.7 Å². The standard InChI is InChI=1S/C34H44N4O4/c1-10-38(18-12-13-33(39)41-11-2)29-22-30(40-9)27(21-28(29)37(7)8)34-25-16-14-23(35(3)4)19-31(25)42-32-20-24(36(5)6)15-17-26(32)34/h14-17,19-22H,3,10-13,18H2,1-2,4-9H3. The molecule has 2 aromatic rings. The molecule has 0 amide bonds. The third-order valence-electron chi connectivity index (χ3n) is 7.53. The summed E-state index contributed by atoms with van der Waals surface area (Å²) in [6.07, 6.45) is 7.28. The molecule has 1 heterocycles. The van der Waals surface area contributed by atoms with Crippen molar-refractivity contribution in [3.63, 3.8) is 0 Å². The van der Waals surface area contributed by atoms with Crippen molar-refractivity contribution in [1.29, 1.82) is 0 Å². The summed E-state index contributed by atoms with van der Waals surface area (Å²) in [7, 11) is 11.8. The fraction of sp³-hybridized carbons (Fsp3) is 0.382. The van der Waals surface area contributed by atoms with Gasteiger partial charge in [-0.05, 0) is 50.1 Å². The van der Waals surface area contributed by atoms with Crippen LogP contribution in [0.15, 0.2) is 59.9 Å². The minimum Gasteiger partial charge on any atom is -0.500 e. The van der Waals surface area contributed by atoms with Crippen LogP contribution in [0.25, 0.3) is 5.57 Å². The van der Waals surface area contributed by atoms with Crippen molar-refractivity contribution in [3.8, 4) is 11.5 Å². The average Bonchev–Trinajstić information content (AvgIpc) is 2.97. The third-order valence-corrected chi connectivity index (χ3v) is 7.53. The lowest BCUT2D eigenvalue weighted by atomic mass is 9.86. The molecule has 0 atom stereocenters. The molecule has 0 saturated heterocycles. The molecule has 2 aliphatic rings. The highest BCUT2D eigenvalue weighted by molar-refractivity contribution is 5.95. The number of nitrogens with zero attached hydrogens (tertiary/aromatic N) is 4. The number of likely N-dealkylation sites (N-methyl/N-ethyl adjacent to an activating group) is 1. The Labute approximate surface area is 250 Å². The number of fused-ring (bicyclic) bond motifs is 2. The molecule has 8 nitrogen and oxygen atoms in total. The summed E-state index contributed by atoms with van der Waals surface area (Å²) in [6.45, 7) is 9.94.